The van der Waals surface area contributed by atoms with Crippen molar-refractivity contribution in [1.82, 2.24) is 15.5 Å². The van der Waals surface area contributed by atoms with Crippen LogP contribution in [-0.4, -0.2) is 53.6 Å². The Balaban J connectivity index is 2.62. The summed E-state index contributed by atoms with van der Waals surface area (Å²) in [6.45, 7) is -0.102. The van der Waals surface area contributed by atoms with E-state index in [0.717, 1.165) is 4.90 Å². The standard InChI is InChI=1S/C10H13N3O4/c1-2-3-4-11-10(17)13-6-8(14)12-5-7(13)9(15)16/h1,7H,3-6H2,(H,11,17)(H,12,14)(H,15,16). The predicted octanol–water partition coefficient (Wildman–Crippen LogP) is -1.40. The third kappa shape index (κ3) is 3.38. The van der Waals surface area contributed by atoms with Gasteiger partial charge in [-0.25, -0.2) is 9.59 Å². The number of aliphatic carboxylic acids is 1. The van der Waals surface area contributed by atoms with E-state index in [1.807, 2.05) is 0 Å². The van der Waals surface area contributed by atoms with E-state index in [0.29, 0.717) is 6.42 Å². The Kier molecular flexibility index (Phi) is 4.34. The minimum atomic E-state index is -1.16. The maximum atomic E-state index is 11.6. The maximum Gasteiger partial charge on any atom is 0.328 e. The first-order valence-electron chi connectivity index (χ1n) is 5.03. The number of amides is 3. The molecule has 0 saturated carbocycles. The Labute approximate surface area is 98.2 Å². The molecular weight excluding hydrogens is 226 g/mol. The molecule has 92 valence electrons. The normalized spacial score (nSPS) is 19.1. The van der Waals surface area contributed by atoms with Gasteiger partial charge in [0.25, 0.3) is 0 Å². The van der Waals surface area contributed by atoms with Crippen molar-refractivity contribution in [3.63, 3.8) is 0 Å². The fraction of sp³-hybridized carbons (Fsp3) is 0.500. The average molecular weight is 239 g/mol. The highest BCUT2D eigenvalue weighted by molar-refractivity contribution is 5.90. The fourth-order valence-electron chi connectivity index (χ4n) is 1.42. The zero-order valence-electron chi connectivity index (χ0n) is 9.10. The van der Waals surface area contributed by atoms with Crippen molar-refractivity contribution in [1.29, 1.82) is 0 Å². The lowest BCUT2D eigenvalue weighted by molar-refractivity contribution is -0.144. The topological polar surface area (TPSA) is 98.7 Å². The van der Waals surface area contributed by atoms with E-state index < -0.39 is 18.0 Å². The van der Waals surface area contributed by atoms with Gasteiger partial charge in [0, 0.05) is 19.5 Å². The molecule has 17 heavy (non-hydrogen) atoms. The van der Waals surface area contributed by atoms with E-state index in [1.165, 1.54) is 0 Å². The lowest BCUT2D eigenvalue weighted by Crippen LogP contribution is -2.61. The quantitative estimate of drug-likeness (QED) is 0.417. The molecule has 0 aliphatic carbocycles. The number of carbonyl (C=O) groups excluding carboxylic acids is 2. The predicted molar refractivity (Wildman–Crippen MR) is 58.0 cm³/mol. The van der Waals surface area contributed by atoms with Gasteiger partial charge in [-0.1, -0.05) is 0 Å². The molecule has 1 atom stereocenters. The number of carboxylic acid groups (broad SMARTS) is 1. The Hall–Kier alpha value is -2.23. The van der Waals surface area contributed by atoms with E-state index in [2.05, 4.69) is 16.6 Å². The number of urea groups is 1. The van der Waals surface area contributed by atoms with Crippen LogP contribution in [0.5, 0.6) is 0 Å². The molecule has 7 heteroatoms. The number of nitrogens with one attached hydrogen (secondary N) is 2. The molecule has 0 aromatic heterocycles. The first-order valence-corrected chi connectivity index (χ1v) is 5.03. The van der Waals surface area contributed by atoms with Gasteiger partial charge in [-0.05, 0) is 0 Å². The Morgan fingerprint density at radius 2 is 2.35 bits per heavy atom. The monoisotopic (exact) mass is 239 g/mol. The molecule has 7 nitrogen and oxygen atoms in total. The molecule has 1 unspecified atom stereocenters. The number of piperazine rings is 1. The first-order chi connectivity index (χ1) is 8.06. The molecule has 1 aliphatic heterocycles. The van der Waals surface area contributed by atoms with Gasteiger partial charge in [-0.3, -0.25) is 9.69 Å². The molecule has 1 aliphatic rings. The van der Waals surface area contributed by atoms with Crippen LogP contribution < -0.4 is 10.6 Å². The number of carbonyl (C=O) groups is 3. The van der Waals surface area contributed by atoms with Crippen LogP contribution in [0.2, 0.25) is 0 Å². The van der Waals surface area contributed by atoms with Crippen molar-refractivity contribution in [2.45, 2.75) is 12.5 Å². The van der Waals surface area contributed by atoms with E-state index in [-0.39, 0.29) is 25.5 Å². The Morgan fingerprint density at radius 3 is 2.94 bits per heavy atom. The maximum absolute atomic E-state index is 11.6. The van der Waals surface area contributed by atoms with Crippen LogP contribution in [0.4, 0.5) is 4.79 Å². The van der Waals surface area contributed by atoms with Crippen molar-refractivity contribution in [2.24, 2.45) is 0 Å². The zero-order chi connectivity index (χ0) is 12.8. The van der Waals surface area contributed by atoms with Gasteiger partial charge < -0.3 is 15.7 Å². The van der Waals surface area contributed by atoms with E-state index in [9.17, 15) is 14.4 Å². The van der Waals surface area contributed by atoms with Gasteiger partial charge in [0.2, 0.25) is 5.91 Å². The van der Waals surface area contributed by atoms with E-state index in [1.54, 1.807) is 0 Å². The summed E-state index contributed by atoms with van der Waals surface area (Å²) >= 11 is 0. The minimum absolute atomic E-state index is 0.0866. The van der Waals surface area contributed by atoms with E-state index >= 15 is 0 Å². The number of hydrogen-bond acceptors (Lipinski definition) is 3. The molecule has 0 radical (unpaired) electrons. The summed E-state index contributed by atoms with van der Waals surface area (Å²) in [5.41, 5.74) is 0. The lowest BCUT2D eigenvalue weighted by atomic mass is 10.2. The molecule has 1 heterocycles. The van der Waals surface area contributed by atoms with Crippen LogP contribution >= 0.6 is 0 Å². The van der Waals surface area contributed by atoms with Crippen molar-refractivity contribution < 1.29 is 19.5 Å². The van der Waals surface area contributed by atoms with Crippen LogP contribution in [0.15, 0.2) is 0 Å². The van der Waals surface area contributed by atoms with Crippen molar-refractivity contribution in [2.75, 3.05) is 19.6 Å². The third-order valence-electron chi connectivity index (χ3n) is 2.27. The van der Waals surface area contributed by atoms with Gasteiger partial charge in [0.15, 0.2) is 0 Å². The molecule has 1 rings (SSSR count). The van der Waals surface area contributed by atoms with Gasteiger partial charge >= 0.3 is 12.0 Å². The summed E-state index contributed by atoms with van der Waals surface area (Å²) in [5, 5.41) is 13.8. The average Bonchev–Trinajstić information content (AvgIpc) is 2.28. The first kappa shape index (κ1) is 12.8. The van der Waals surface area contributed by atoms with E-state index in [4.69, 9.17) is 11.5 Å². The molecular formula is C10H13N3O4. The summed E-state index contributed by atoms with van der Waals surface area (Å²) in [6.07, 6.45) is 5.37. The minimum Gasteiger partial charge on any atom is -0.480 e. The number of terminal acetylenes is 1. The molecule has 1 fully saturated rings. The molecule has 0 spiro atoms. The Morgan fingerprint density at radius 1 is 1.65 bits per heavy atom. The Bertz CT molecular complexity index is 374. The summed E-state index contributed by atoms with van der Waals surface area (Å²) in [6, 6.07) is -1.64. The second-order valence-electron chi connectivity index (χ2n) is 3.47. The van der Waals surface area contributed by atoms with Gasteiger partial charge in [-0.15, -0.1) is 12.3 Å². The van der Waals surface area contributed by atoms with Gasteiger partial charge in [0.05, 0.1) is 0 Å². The van der Waals surface area contributed by atoms with Crippen LogP contribution in [0.25, 0.3) is 0 Å². The third-order valence-corrected chi connectivity index (χ3v) is 2.27. The van der Waals surface area contributed by atoms with Crippen molar-refractivity contribution in [3.8, 4) is 12.3 Å². The lowest BCUT2D eigenvalue weighted by Gasteiger charge is -2.32. The zero-order valence-corrected chi connectivity index (χ0v) is 9.10. The molecule has 0 aromatic carbocycles. The largest absolute Gasteiger partial charge is 0.480 e. The highest BCUT2D eigenvalue weighted by Crippen LogP contribution is 2.04. The molecule has 0 aromatic rings. The highest BCUT2D eigenvalue weighted by Gasteiger charge is 2.34. The second kappa shape index (κ2) is 5.75. The smallest absolute Gasteiger partial charge is 0.328 e. The van der Waals surface area contributed by atoms with Gasteiger partial charge in [-0.2, -0.15) is 0 Å². The second-order valence-corrected chi connectivity index (χ2v) is 3.47. The summed E-state index contributed by atoms with van der Waals surface area (Å²) in [5.74, 6) is 0.804. The van der Waals surface area contributed by atoms with Crippen LogP contribution in [0.3, 0.4) is 0 Å². The number of carboxylic acids is 1. The number of rotatable bonds is 3. The van der Waals surface area contributed by atoms with Crippen molar-refractivity contribution in [3.05, 3.63) is 0 Å². The molecule has 0 bridgehead atoms. The van der Waals surface area contributed by atoms with Crippen LogP contribution in [0.1, 0.15) is 6.42 Å². The van der Waals surface area contributed by atoms with Crippen LogP contribution in [-0.2, 0) is 9.59 Å². The molecule has 1 saturated heterocycles. The SMILES string of the molecule is C#CCCNC(=O)N1CC(=O)NCC1C(=O)O. The van der Waals surface area contributed by atoms with Crippen molar-refractivity contribution >= 4 is 17.9 Å². The summed E-state index contributed by atoms with van der Waals surface area (Å²) in [4.78, 5) is 34.6. The molecule has 3 amide bonds. The van der Waals surface area contributed by atoms with Crippen LogP contribution in [0, 0.1) is 12.3 Å². The number of hydrogen-bond donors (Lipinski definition) is 3. The highest BCUT2D eigenvalue weighted by atomic mass is 16.4. The number of nitrogens with zero attached hydrogens (tertiary/aromatic N) is 1. The molecule has 3 N–H and O–H groups in total. The summed E-state index contributed by atoms with van der Waals surface area (Å²) < 4.78 is 0. The fourth-order valence-corrected chi connectivity index (χ4v) is 1.42. The van der Waals surface area contributed by atoms with Gasteiger partial charge in [0.1, 0.15) is 12.6 Å². The summed E-state index contributed by atoms with van der Waals surface area (Å²) in [7, 11) is 0.